The Hall–Kier alpha value is -2.30. The molecular formula is C23H25NO3. The smallest absolute Gasteiger partial charge is 0.231 e. The monoisotopic (exact) mass is 363 g/mol. The van der Waals surface area contributed by atoms with Gasteiger partial charge < -0.3 is 14.2 Å². The normalized spacial score (nSPS) is 28.0. The molecule has 27 heavy (non-hydrogen) atoms. The first kappa shape index (κ1) is 16.8. The lowest BCUT2D eigenvalue weighted by Gasteiger charge is -2.31. The highest BCUT2D eigenvalue weighted by atomic mass is 16.7. The molecule has 3 atom stereocenters. The summed E-state index contributed by atoms with van der Waals surface area (Å²) in [6.45, 7) is 3.28. The number of hydrogen-bond donors (Lipinski definition) is 0. The molecule has 0 amide bonds. The van der Waals surface area contributed by atoms with Crippen LogP contribution in [0.4, 0.5) is 0 Å². The van der Waals surface area contributed by atoms with Gasteiger partial charge in [-0.25, -0.2) is 0 Å². The summed E-state index contributed by atoms with van der Waals surface area (Å²) in [5.74, 6) is 1.65. The van der Waals surface area contributed by atoms with Gasteiger partial charge in [0.05, 0.1) is 0 Å². The molecule has 4 nitrogen and oxygen atoms in total. The first-order valence-corrected chi connectivity index (χ1v) is 9.79. The van der Waals surface area contributed by atoms with Crippen LogP contribution in [-0.4, -0.2) is 30.1 Å². The highest BCUT2D eigenvalue weighted by Gasteiger charge is 2.51. The van der Waals surface area contributed by atoms with Crippen molar-refractivity contribution in [1.82, 2.24) is 4.90 Å². The van der Waals surface area contributed by atoms with Crippen molar-refractivity contribution in [3.63, 3.8) is 0 Å². The SMILES string of the molecule is C[C@@H](c1ccccc1)N1CO[C@]2(/C=C/c3ccc4c(c3)OCO4)CCC[C@H]12. The minimum absolute atomic E-state index is 0.181. The number of nitrogens with zero attached hydrogens (tertiary/aromatic N) is 1. The van der Waals surface area contributed by atoms with Gasteiger partial charge in [-0.1, -0.05) is 48.6 Å². The third-order valence-corrected chi connectivity index (χ3v) is 6.23. The van der Waals surface area contributed by atoms with E-state index in [1.165, 1.54) is 18.4 Å². The second-order valence-corrected chi connectivity index (χ2v) is 7.68. The fourth-order valence-corrected chi connectivity index (χ4v) is 4.68. The molecule has 0 spiro atoms. The molecule has 4 heteroatoms. The molecule has 0 bridgehead atoms. The summed E-state index contributed by atoms with van der Waals surface area (Å²) < 4.78 is 17.3. The third-order valence-electron chi connectivity index (χ3n) is 6.23. The molecular weight excluding hydrogens is 338 g/mol. The van der Waals surface area contributed by atoms with Crippen LogP contribution >= 0.6 is 0 Å². The first-order valence-electron chi connectivity index (χ1n) is 9.79. The van der Waals surface area contributed by atoms with Gasteiger partial charge in [-0.3, -0.25) is 4.90 Å². The molecule has 3 aliphatic rings. The minimum atomic E-state index is -0.181. The van der Waals surface area contributed by atoms with Gasteiger partial charge in [0.1, 0.15) is 12.3 Å². The molecule has 0 N–H and O–H groups in total. The summed E-state index contributed by atoms with van der Waals surface area (Å²) in [7, 11) is 0. The molecule has 0 aromatic heterocycles. The van der Waals surface area contributed by atoms with E-state index in [-0.39, 0.29) is 5.60 Å². The zero-order chi connectivity index (χ0) is 18.3. The first-order chi connectivity index (χ1) is 13.3. The van der Waals surface area contributed by atoms with Crippen molar-refractivity contribution < 1.29 is 14.2 Å². The fraction of sp³-hybridized carbons (Fsp3) is 0.391. The molecule has 2 aromatic carbocycles. The predicted molar refractivity (Wildman–Crippen MR) is 105 cm³/mol. The molecule has 2 heterocycles. The van der Waals surface area contributed by atoms with Crippen LogP contribution in [0.25, 0.3) is 6.08 Å². The standard InChI is InChI=1S/C23H25NO3/c1-17(19-6-3-2-4-7-19)24-15-27-23(12-5-8-22(23)24)13-11-18-9-10-20-21(14-18)26-16-25-20/h2-4,6-7,9-11,13-14,17,22H,5,8,12,15-16H2,1H3/b13-11+/t17-,22-,23-/m0/s1. The molecule has 1 aliphatic carbocycles. The van der Waals surface area contributed by atoms with Crippen molar-refractivity contribution in [3.8, 4) is 11.5 Å². The zero-order valence-corrected chi connectivity index (χ0v) is 15.6. The summed E-state index contributed by atoms with van der Waals surface area (Å²) in [5, 5.41) is 0. The number of ether oxygens (including phenoxy) is 3. The van der Waals surface area contributed by atoms with Crippen molar-refractivity contribution >= 4 is 6.08 Å². The zero-order valence-electron chi connectivity index (χ0n) is 15.6. The lowest BCUT2D eigenvalue weighted by atomic mass is 9.94. The van der Waals surface area contributed by atoms with Crippen LogP contribution in [0, 0.1) is 0 Å². The third kappa shape index (κ3) is 2.93. The molecule has 1 saturated heterocycles. The fourth-order valence-electron chi connectivity index (χ4n) is 4.68. The molecule has 0 radical (unpaired) electrons. The molecule has 2 aromatic rings. The Balaban J connectivity index is 1.38. The quantitative estimate of drug-likeness (QED) is 0.783. The Bertz CT molecular complexity index is 850. The summed E-state index contributed by atoms with van der Waals surface area (Å²) in [4.78, 5) is 2.52. The van der Waals surface area contributed by atoms with Crippen molar-refractivity contribution in [1.29, 1.82) is 0 Å². The highest BCUT2D eigenvalue weighted by Crippen LogP contribution is 2.46. The van der Waals surface area contributed by atoms with Gasteiger partial charge in [-0.2, -0.15) is 0 Å². The number of benzene rings is 2. The van der Waals surface area contributed by atoms with E-state index in [1.54, 1.807) is 0 Å². The van der Waals surface area contributed by atoms with Gasteiger partial charge in [0.25, 0.3) is 0 Å². The van der Waals surface area contributed by atoms with Gasteiger partial charge >= 0.3 is 0 Å². The van der Waals surface area contributed by atoms with Gasteiger partial charge in [0, 0.05) is 12.1 Å². The largest absolute Gasteiger partial charge is 0.454 e. The Morgan fingerprint density at radius 1 is 1.11 bits per heavy atom. The van der Waals surface area contributed by atoms with Crippen LogP contribution in [0.15, 0.2) is 54.6 Å². The van der Waals surface area contributed by atoms with Gasteiger partial charge in [0.15, 0.2) is 11.5 Å². The van der Waals surface area contributed by atoms with E-state index in [2.05, 4.69) is 60.4 Å². The van der Waals surface area contributed by atoms with E-state index in [1.807, 2.05) is 12.1 Å². The van der Waals surface area contributed by atoms with Crippen LogP contribution in [0.2, 0.25) is 0 Å². The average molecular weight is 363 g/mol. The minimum Gasteiger partial charge on any atom is -0.454 e. The van der Waals surface area contributed by atoms with E-state index in [9.17, 15) is 0 Å². The molecule has 2 aliphatic heterocycles. The van der Waals surface area contributed by atoms with E-state index < -0.39 is 0 Å². The average Bonchev–Trinajstić information content (AvgIpc) is 3.41. The van der Waals surface area contributed by atoms with Crippen molar-refractivity contribution in [2.75, 3.05) is 13.5 Å². The Morgan fingerprint density at radius 3 is 2.85 bits per heavy atom. The molecule has 1 saturated carbocycles. The summed E-state index contributed by atoms with van der Waals surface area (Å²) in [5.41, 5.74) is 2.29. The van der Waals surface area contributed by atoms with E-state index >= 15 is 0 Å². The van der Waals surface area contributed by atoms with E-state index in [0.717, 1.165) is 23.5 Å². The van der Waals surface area contributed by atoms with Crippen LogP contribution in [0.3, 0.4) is 0 Å². The summed E-state index contributed by atoms with van der Waals surface area (Å²) >= 11 is 0. The second-order valence-electron chi connectivity index (χ2n) is 7.68. The maximum absolute atomic E-state index is 6.42. The van der Waals surface area contributed by atoms with Crippen LogP contribution in [-0.2, 0) is 4.74 Å². The molecule has 5 rings (SSSR count). The summed E-state index contributed by atoms with van der Waals surface area (Å²) in [6, 6.07) is 17.6. The predicted octanol–water partition coefficient (Wildman–Crippen LogP) is 4.77. The number of rotatable bonds is 4. The van der Waals surface area contributed by atoms with Gasteiger partial charge in [-0.15, -0.1) is 0 Å². The number of hydrogen-bond acceptors (Lipinski definition) is 4. The maximum Gasteiger partial charge on any atom is 0.231 e. The van der Waals surface area contributed by atoms with Crippen molar-refractivity contribution in [2.24, 2.45) is 0 Å². The highest BCUT2D eigenvalue weighted by molar-refractivity contribution is 5.57. The Kier molecular flexibility index (Phi) is 4.18. The summed E-state index contributed by atoms with van der Waals surface area (Å²) in [6.07, 6.45) is 7.92. The van der Waals surface area contributed by atoms with Crippen molar-refractivity contribution in [3.05, 3.63) is 65.7 Å². The van der Waals surface area contributed by atoms with Crippen molar-refractivity contribution in [2.45, 2.75) is 43.9 Å². The maximum atomic E-state index is 6.42. The van der Waals surface area contributed by atoms with Crippen LogP contribution in [0.1, 0.15) is 43.4 Å². The Morgan fingerprint density at radius 2 is 1.96 bits per heavy atom. The molecule has 140 valence electrons. The van der Waals surface area contributed by atoms with Gasteiger partial charge in [0.2, 0.25) is 6.79 Å². The van der Waals surface area contributed by atoms with Crippen LogP contribution in [0.5, 0.6) is 11.5 Å². The van der Waals surface area contributed by atoms with Crippen LogP contribution < -0.4 is 9.47 Å². The molecule has 0 unspecified atom stereocenters. The van der Waals surface area contributed by atoms with Gasteiger partial charge in [-0.05, 0) is 49.4 Å². The molecule has 2 fully saturated rings. The number of fused-ring (bicyclic) bond motifs is 2. The lowest BCUT2D eigenvalue weighted by Crippen LogP contribution is -2.40. The topological polar surface area (TPSA) is 30.9 Å². The Labute approximate surface area is 160 Å². The lowest BCUT2D eigenvalue weighted by molar-refractivity contribution is 0.0333. The second kappa shape index (κ2) is 6.70. The van der Waals surface area contributed by atoms with E-state index in [4.69, 9.17) is 14.2 Å². The van der Waals surface area contributed by atoms with E-state index in [0.29, 0.717) is 25.6 Å².